The number of rotatable bonds is 7. The van der Waals surface area contributed by atoms with Crippen LogP contribution in [0.4, 0.5) is 0 Å². The number of hydrogen-bond acceptors (Lipinski definition) is 3. The molecule has 0 aliphatic rings. The summed E-state index contributed by atoms with van der Waals surface area (Å²) in [4.78, 5) is 15.3. The van der Waals surface area contributed by atoms with E-state index < -0.39 is 0 Å². The van der Waals surface area contributed by atoms with E-state index in [1.54, 1.807) is 0 Å². The first-order chi connectivity index (χ1) is 30.7. The second-order valence-electron chi connectivity index (χ2n) is 15.6. The van der Waals surface area contributed by atoms with Gasteiger partial charge in [0.05, 0.1) is 22.1 Å². The molecule has 0 bridgehead atoms. The number of aromatic nitrogens is 5. The summed E-state index contributed by atoms with van der Waals surface area (Å²) in [7, 11) is 0. The van der Waals surface area contributed by atoms with Gasteiger partial charge in [-0.05, 0) is 59.2 Å². The van der Waals surface area contributed by atoms with Crippen molar-refractivity contribution in [3.05, 3.63) is 224 Å². The predicted octanol–water partition coefficient (Wildman–Crippen LogP) is 14.4. The maximum atomic E-state index is 5.15. The van der Waals surface area contributed by atoms with E-state index in [0.717, 1.165) is 50.2 Å². The van der Waals surface area contributed by atoms with Crippen molar-refractivity contribution in [2.24, 2.45) is 0 Å². The summed E-state index contributed by atoms with van der Waals surface area (Å²) in [6, 6.07) is 79.3. The fraction of sp³-hybridized carbons (Fsp3) is 0. The molecular formula is C57H37N5. The van der Waals surface area contributed by atoms with Crippen molar-refractivity contribution in [3.8, 4) is 67.8 Å². The summed E-state index contributed by atoms with van der Waals surface area (Å²) >= 11 is 0. The smallest absolute Gasteiger partial charge is 0.164 e. The van der Waals surface area contributed by atoms with E-state index in [2.05, 4.69) is 197 Å². The maximum Gasteiger partial charge on any atom is 0.164 e. The van der Waals surface area contributed by atoms with Gasteiger partial charge < -0.3 is 9.13 Å². The molecule has 62 heavy (non-hydrogen) atoms. The second-order valence-corrected chi connectivity index (χ2v) is 15.6. The molecule has 12 rings (SSSR count). The van der Waals surface area contributed by atoms with Crippen LogP contribution in [0.2, 0.25) is 0 Å². The van der Waals surface area contributed by atoms with E-state index in [-0.39, 0.29) is 0 Å². The molecule has 12 aromatic rings. The van der Waals surface area contributed by atoms with Gasteiger partial charge in [-0.2, -0.15) is 0 Å². The van der Waals surface area contributed by atoms with Gasteiger partial charge in [0.25, 0.3) is 0 Å². The third-order valence-electron chi connectivity index (χ3n) is 12.0. The fourth-order valence-electron chi connectivity index (χ4n) is 9.09. The third kappa shape index (κ3) is 5.98. The van der Waals surface area contributed by atoms with Crippen molar-refractivity contribution in [2.45, 2.75) is 0 Å². The van der Waals surface area contributed by atoms with Gasteiger partial charge in [0, 0.05) is 55.2 Å². The molecule has 0 aliphatic heterocycles. The largest absolute Gasteiger partial charge is 0.309 e. The van der Waals surface area contributed by atoms with Crippen LogP contribution in [0, 0.1) is 0 Å². The van der Waals surface area contributed by atoms with Crippen LogP contribution in [0.3, 0.4) is 0 Å². The van der Waals surface area contributed by atoms with E-state index in [4.69, 9.17) is 15.0 Å². The highest BCUT2D eigenvalue weighted by Crippen LogP contribution is 2.41. The predicted molar refractivity (Wildman–Crippen MR) is 256 cm³/mol. The normalized spacial score (nSPS) is 11.5. The molecule has 3 aromatic heterocycles. The number of benzene rings is 9. The van der Waals surface area contributed by atoms with Crippen LogP contribution in [-0.4, -0.2) is 24.1 Å². The van der Waals surface area contributed by atoms with Crippen LogP contribution in [-0.2, 0) is 0 Å². The van der Waals surface area contributed by atoms with Crippen molar-refractivity contribution in [2.75, 3.05) is 0 Å². The Kier molecular flexibility index (Phi) is 8.42. The molecule has 0 spiro atoms. The van der Waals surface area contributed by atoms with Gasteiger partial charge >= 0.3 is 0 Å². The van der Waals surface area contributed by atoms with E-state index in [0.29, 0.717) is 17.5 Å². The summed E-state index contributed by atoms with van der Waals surface area (Å²) in [6.07, 6.45) is 0. The topological polar surface area (TPSA) is 48.5 Å². The van der Waals surface area contributed by atoms with Gasteiger partial charge in [0.15, 0.2) is 17.5 Å². The lowest BCUT2D eigenvalue weighted by atomic mass is 10.00. The summed E-state index contributed by atoms with van der Waals surface area (Å²) in [5.74, 6) is 1.87. The zero-order chi connectivity index (χ0) is 41.0. The molecule has 9 aromatic carbocycles. The molecule has 0 amide bonds. The maximum absolute atomic E-state index is 5.15. The van der Waals surface area contributed by atoms with E-state index in [9.17, 15) is 0 Å². The van der Waals surface area contributed by atoms with Gasteiger partial charge in [-0.15, -0.1) is 0 Å². The number of fused-ring (bicyclic) bond motifs is 6. The zero-order valence-corrected chi connectivity index (χ0v) is 33.6. The highest BCUT2D eigenvalue weighted by molar-refractivity contribution is 6.15. The summed E-state index contributed by atoms with van der Waals surface area (Å²) < 4.78 is 4.79. The summed E-state index contributed by atoms with van der Waals surface area (Å²) in [5, 5.41) is 4.86. The minimum Gasteiger partial charge on any atom is -0.309 e. The second kappa shape index (κ2) is 14.7. The Hall–Kier alpha value is -8.41. The van der Waals surface area contributed by atoms with Crippen LogP contribution in [0.15, 0.2) is 224 Å². The summed E-state index contributed by atoms with van der Waals surface area (Å²) in [6.45, 7) is 0. The highest BCUT2D eigenvalue weighted by Gasteiger charge is 2.20. The minimum absolute atomic E-state index is 0.615. The molecular weight excluding hydrogens is 755 g/mol. The molecule has 5 heteroatoms. The van der Waals surface area contributed by atoms with Crippen molar-refractivity contribution in [1.29, 1.82) is 0 Å². The molecule has 0 atom stereocenters. The highest BCUT2D eigenvalue weighted by atomic mass is 15.0. The molecule has 0 unspecified atom stereocenters. The minimum atomic E-state index is 0.615. The van der Waals surface area contributed by atoms with Gasteiger partial charge in [0.1, 0.15) is 0 Å². The molecule has 0 saturated carbocycles. The standard InChI is InChI=1S/C57H37N5/c1-4-16-38(17-5-1)39-30-32-41(33-31-39)56-58-55(40-18-6-2-7-19-40)59-57(60-56)43-20-14-23-45(36-43)61-51-28-12-10-24-47(51)49-35-34-42(37-53(49)61)46-26-15-27-50-48-25-11-13-29-52(48)62(54(46)50)44-21-8-3-9-22-44/h1-37H. The van der Waals surface area contributed by atoms with E-state index >= 15 is 0 Å². The Balaban J connectivity index is 1.03. The van der Waals surface area contributed by atoms with Crippen LogP contribution >= 0.6 is 0 Å². The Morgan fingerprint density at radius 1 is 0.258 bits per heavy atom. The van der Waals surface area contributed by atoms with Gasteiger partial charge in [0.2, 0.25) is 0 Å². The van der Waals surface area contributed by atoms with Crippen LogP contribution in [0.5, 0.6) is 0 Å². The monoisotopic (exact) mass is 791 g/mol. The SMILES string of the molecule is c1ccc(-c2ccc(-c3nc(-c4ccccc4)nc(-c4cccc(-n5c6ccccc6c6ccc(-c7cccc8c9ccccc9n(-c9ccccc9)c78)cc65)c4)n3)cc2)cc1. The first kappa shape index (κ1) is 35.5. The Morgan fingerprint density at radius 3 is 1.42 bits per heavy atom. The Bertz CT molecular complexity index is 3610. The van der Waals surface area contributed by atoms with Crippen molar-refractivity contribution in [3.63, 3.8) is 0 Å². The molecule has 0 saturated heterocycles. The third-order valence-corrected chi connectivity index (χ3v) is 12.0. The molecule has 0 N–H and O–H groups in total. The lowest BCUT2D eigenvalue weighted by Crippen LogP contribution is -2.01. The van der Waals surface area contributed by atoms with Crippen LogP contribution in [0.25, 0.3) is 111 Å². The van der Waals surface area contributed by atoms with Gasteiger partial charge in [-0.25, -0.2) is 15.0 Å². The zero-order valence-electron chi connectivity index (χ0n) is 33.6. The average Bonchev–Trinajstić information content (AvgIpc) is 3.87. The molecule has 0 fully saturated rings. The number of para-hydroxylation sites is 4. The number of nitrogens with zero attached hydrogens (tertiary/aromatic N) is 5. The van der Waals surface area contributed by atoms with Crippen molar-refractivity contribution >= 4 is 43.6 Å². The molecule has 5 nitrogen and oxygen atoms in total. The summed E-state index contributed by atoms with van der Waals surface area (Å²) in [5.41, 5.74) is 14.2. The van der Waals surface area contributed by atoms with Crippen molar-refractivity contribution < 1.29 is 0 Å². The van der Waals surface area contributed by atoms with Crippen LogP contribution < -0.4 is 0 Å². The quantitative estimate of drug-likeness (QED) is 0.162. The van der Waals surface area contributed by atoms with Crippen LogP contribution in [0.1, 0.15) is 0 Å². The molecule has 290 valence electrons. The van der Waals surface area contributed by atoms with E-state index in [1.165, 1.54) is 43.7 Å². The fourth-order valence-corrected chi connectivity index (χ4v) is 9.09. The van der Waals surface area contributed by atoms with Gasteiger partial charge in [-0.1, -0.05) is 182 Å². The average molecular weight is 792 g/mol. The van der Waals surface area contributed by atoms with Gasteiger partial charge in [-0.3, -0.25) is 0 Å². The first-order valence-electron chi connectivity index (χ1n) is 20.9. The van der Waals surface area contributed by atoms with E-state index in [1.807, 2.05) is 36.4 Å². The molecule has 0 radical (unpaired) electrons. The van der Waals surface area contributed by atoms with Crippen molar-refractivity contribution in [1.82, 2.24) is 24.1 Å². The molecule has 3 heterocycles. The lowest BCUT2D eigenvalue weighted by molar-refractivity contribution is 1.07. The Morgan fingerprint density at radius 2 is 0.710 bits per heavy atom. The lowest BCUT2D eigenvalue weighted by Gasteiger charge is -2.13. The molecule has 0 aliphatic carbocycles. The Labute approximate surface area is 358 Å². The first-order valence-corrected chi connectivity index (χ1v) is 20.9. The number of hydrogen-bond donors (Lipinski definition) is 0.